The van der Waals surface area contributed by atoms with E-state index in [1.807, 2.05) is 24.3 Å². The molecule has 1 heterocycles. The van der Waals surface area contributed by atoms with Gasteiger partial charge in [-0.1, -0.05) is 0 Å². The molecular formula is C16H25N3O2. The van der Waals surface area contributed by atoms with Crippen molar-refractivity contribution in [1.82, 2.24) is 5.32 Å². The minimum absolute atomic E-state index is 0.0694. The highest BCUT2D eigenvalue weighted by atomic mass is 16.3. The Labute approximate surface area is 126 Å². The van der Waals surface area contributed by atoms with Crippen LogP contribution >= 0.6 is 0 Å². The zero-order valence-corrected chi connectivity index (χ0v) is 12.6. The minimum Gasteiger partial charge on any atom is -0.395 e. The highest BCUT2D eigenvalue weighted by Crippen LogP contribution is 2.19. The third kappa shape index (κ3) is 4.44. The summed E-state index contributed by atoms with van der Waals surface area (Å²) in [5, 5.41) is 15.3. The molecule has 0 bridgehead atoms. The number of carbonyl (C=O) groups is 1. The number of anilines is 2. The summed E-state index contributed by atoms with van der Waals surface area (Å²) in [4.78, 5) is 14.2. The number of rotatable bonds is 6. The van der Waals surface area contributed by atoms with Crippen LogP contribution in [0.4, 0.5) is 11.4 Å². The largest absolute Gasteiger partial charge is 0.395 e. The first-order valence-electron chi connectivity index (χ1n) is 7.72. The Morgan fingerprint density at radius 3 is 2.76 bits per heavy atom. The lowest BCUT2D eigenvalue weighted by atomic mass is 9.99. The van der Waals surface area contributed by atoms with Crippen molar-refractivity contribution in [1.29, 1.82) is 0 Å². The van der Waals surface area contributed by atoms with Crippen LogP contribution < -0.4 is 15.5 Å². The van der Waals surface area contributed by atoms with Crippen molar-refractivity contribution in [3.8, 4) is 0 Å². The van der Waals surface area contributed by atoms with E-state index in [-0.39, 0.29) is 18.4 Å². The van der Waals surface area contributed by atoms with E-state index in [1.54, 1.807) is 0 Å². The lowest BCUT2D eigenvalue weighted by Gasteiger charge is -2.23. The van der Waals surface area contributed by atoms with Gasteiger partial charge in [0.1, 0.15) is 0 Å². The maximum Gasteiger partial charge on any atom is 0.228 e. The summed E-state index contributed by atoms with van der Waals surface area (Å²) in [6.45, 7) is 5.44. The monoisotopic (exact) mass is 291 g/mol. The molecule has 1 aromatic carbocycles. The van der Waals surface area contributed by atoms with Gasteiger partial charge in [-0.15, -0.1) is 0 Å². The molecule has 0 radical (unpaired) electrons. The van der Waals surface area contributed by atoms with Gasteiger partial charge in [-0.25, -0.2) is 0 Å². The first-order chi connectivity index (χ1) is 10.2. The Bertz CT molecular complexity index is 441. The molecule has 116 valence electrons. The van der Waals surface area contributed by atoms with Gasteiger partial charge in [0.2, 0.25) is 5.91 Å². The van der Waals surface area contributed by atoms with Crippen LogP contribution in [0.15, 0.2) is 24.3 Å². The van der Waals surface area contributed by atoms with E-state index in [0.29, 0.717) is 6.54 Å². The average molecular weight is 291 g/mol. The summed E-state index contributed by atoms with van der Waals surface area (Å²) in [6, 6.07) is 7.80. The summed E-state index contributed by atoms with van der Waals surface area (Å²) in [6.07, 6.45) is 2.01. The van der Waals surface area contributed by atoms with Gasteiger partial charge >= 0.3 is 0 Å². The second-order valence-corrected chi connectivity index (χ2v) is 5.38. The highest BCUT2D eigenvalue weighted by molar-refractivity contribution is 5.92. The fraction of sp³-hybridized carbons (Fsp3) is 0.562. The van der Waals surface area contributed by atoms with Gasteiger partial charge in [0, 0.05) is 31.0 Å². The number of aliphatic hydroxyl groups excluding tert-OH is 1. The molecule has 5 heteroatoms. The highest BCUT2D eigenvalue weighted by Gasteiger charge is 2.20. The molecule has 3 N–H and O–H groups in total. The first kappa shape index (κ1) is 15.8. The van der Waals surface area contributed by atoms with Gasteiger partial charge in [-0.2, -0.15) is 0 Å². The Kier molecular flexibility index (Phi) is 6.02. The Morgan fingerprint density at radius 2 is 2.19 bits per heavy atom. The van der Waals surface area contributed by atoms with Crippen LogP contribution in [0.2, 0.25) is 0 Å². The van der Waals surface area contributed by atoms with Crippen LogP contribution in [0, 0.1) is 5.92 Å². The van der Waals surface area contributed by atoms with Gasteiger partial charge < -0.3 is 20.6 Å². The zero-order valence-electron chi connectivity index (χ0n) is 12.6. The second kappa shape index (κ2) is 8.00. The molecule has 1 saturated heterocycles. The molecule has 5 nitrogen and oxygen atoms in total. The summed E-state index contributed by atoms with van der Waals surface area (Å²) in [5.41, 5.74) is 1.89. The zero-order chi connectivity index (χ0) is 15.1. The van der Waals surface area contributed by atoms with Gasteiger partial charge in [-0.3, -0.25) is 4.79 Å². The third-order valence-electron chi connectivity index (χ3n) is 3.92. The number of amides is 1. The molecule has 1 aliphatic rings. The summed E-state index contributed by atoms with van der Waals surface area (Å²) >= 11 is 0. The van der Waals surface area contributed by atoms with Crippen LogP contribution in [0.5, 0.6) is 0 Å². The lowest BCUT2D eigenvalue weighted by Crippen LogP contribution is -2.37. The van der Waals surface area contributed by atoms with E-state index in [1.165, 1.54) is 0 Å². The van der Waals surface area contributed by atoms with Crippen LogP contribution in [0.3, 0.4) is 0 Å². The van der Waals surface area contributed by atoms with E-state index < -0.39 is 0 Å². The Balaban J connectivity index is 1.93. The number of benzene rings is 1. The Morgan fingerprint density at radius 1 is 1.43 bits per heavy atom. The molecule has 1 fully saturated rings. The second-order valence-electron chi connectivity index (χ2n) is 5.38. The molecule has 0 aliphatic carbocycles. The molecule has 0 aromatic heterocycles. The number of piperidine rings is 1. The van der Waals surface area contributed by atoms with Gasteiger partial charge in [0.05, 0.1) is 12.5 Å². The van der Waals surface area contributed by atoms with Crippen molar-refractivity contribution in [3.63, 3.8) is 0 Å². The van der Waals surface area contributed by atoms with E-state index >= 15 is 0 Å². The van der Waals surface area contributed by atoms with Crippen molar-refractivity contribution >= 4 is 17.3 Å². The molecule has 21 heavy (non-hydrogen) atoms. The van der Waals surface area contributed by atoms with Crippen molar-refractivity contribution in [3.05, 3.63) is 24.3 Å². The van der Waals surface area contributed by atoms with Gasteiger partial charge in [-0.05, 0) is 50.6 Å². The molecule has 2 rings (SSSR count). The van der Waals surface area contributed by atoms with E-state index in [2.05, 4.69) is 22.5 Å². The number of hydrogen-bond donors (Lipinski definition) is 3. The summed E-state index contributed by atoms with van der Waals surface area (Å²) < 4.78 is 0. The van der Waals surface area contributed by atoms with Crippen molar-refractivity contribution < 1.29 is 9.90 Å². The number of carbonyl (C=O) groups excluding carboxylic acids is 1. The van der Waals surface area contributed by atoms with Gasteiger partial charge in [0.15, 0.2) is 0 Å². The topological polar surface area (TPSA) is 64.6 Å². The predicted octanol–water partition coefficient (Wildman–Crippen LogP) is 1.44. The van der Waals surface area contributed by atoms with E-state index in [9.17, 15) is 4.79 Å². The molecule has 0 saturated carbocycles. The van der Waals surface area contributed by atoms with E-state index in [0.717, 1.165) is 43.9 Å². The first-order valence-corrected chi connectivity index (χ1v) is 7.72. The lowest BCUT2D eigenvalue weighted by molar-refractivity contribution is -0.120. The normalized spacial score (nSPS) is 18.3. The minimum atomic E-state index is 0.0694. The summed E-state index contributed by atoms with van der Waals surface area (Å²) in [7, 11) is 0. The number of nitrogens with zero attached hydrogens (tertiary/aromatic N) is 1. The maximum atomic E-state index is 12.2. The number of hydrogen-bond acceptors (Lipinski definition) is 4. The van der Waals surface area contributed by atoms with Crippen LogP contribution in [-0.2, 0) is 4.79 Å². The SMILES string of the molecule is CCN(CCO)c1ccc(NC(=O)C2CCCNC2)cc1. The molecule has 1 atom stereocenters. The van der Waals surface area contributed by atoms with Crippen LogP contribution in [0.25, 0.3) is 0 Å². The van der Waals surface area contributed by atoms with Crippen molar-refractivity contribution in [2.45, 2.75) is 19.8 Å². The molecular weight excluding hydrogens is 266 g/mol. The van der Waals surface area contributed by atoms with Crippen LogP contribution in [0.1, 0.15) is 19.8 Å². The smallest absolute Gasteiger partial charge is 0.228 e. The fourth-order valence-corrected chi connectivity index (χ4v) is 2.67. The average Bonchev–Trinajstić information content (AvgIpc) is 2.54. The molecule has 1 unspecified atom stereocenters. The third-order valence-corrected chi connectivity index (χ3v) is 3.92. The van der Waals surface area contributed by atoms with Crippen molar-refractivity contribution in [2.24, 2.45) is 5.92 Å². The van der Waals surface area contributed by atoms with Crippen LogP contribution in [-0.4, -0.2) is 43.8 Å². The van der Waals surface area contributed by atoms with E-state index in [4.69, 9.17) is 5.11 Å². The predicted molar refractivity (Wildman–Crippen MR) is 85.6 cm³/mol. The Hall–Kier alpha value is -1.59. The number of nitrogens with one attached hydrogen (secondary N) is 2. The molecule has 0 spiro atoms. The maximum absolute atomic E-state index is 12.2. The molecule has 1 aromatic rings. The standard InChI is InChI=1S/C16H25N3O2/c1-2-19(10-11-20)15-7-5-14(6-8-15)18-16(21)13-4-3-9-17-12-13/h5-8,13,17,20H,2-4,9-12H2,1H3,(H,18,21). The molecule has 1 amide bonds. The number of aliphatic hydroxyl groups is 1. The number of likely N-dealkylation sites (N-methyl/N-ethyl adjacent to an activating group) is 1. The van der Waals surface area contributed by atoms with Crippen molar-refractivity contribution in [2.75, 3.05) is 43.0 Å². The molecule has 1 aliphatic heterocycles. The summed E-state index contributed by atoms with van der Waals surface area (Å²) in [5.74, 6) is 0.164. The quantitative estimate of drug-likeness (QED) is 0.742. The van der Waals surface area contributed by atoms with Gasteiger partial charge in [0.25, 0.3) is 0 Å². The fourth-order valence-electron chi connectivity index (χ4n) is 2.67.